The highest BCUT2D eigenvalue weighted by Crippen LogP contribution is 2.33. The number of nitro groups is 1. The number of non-ortho nitro benzene ring substituents is 1. The zero-order valence-corrected chi connectivity index (χ0v) is 13.6. The molecule has 24 heavy (non-hydrogen) atoms. The number of aromatic nitrogens is 1. The van der Waals surface area contributed by atoms with Crippen LogP contribution in [0.25, 0.3) is 10.9 Å². The third kappa shape index (κ3) is 3.02. The van der Waals surface area contributed by atoms with E-state index in [0.29, 0.717) is 23.9 Å². The molecule has 1 N–H and O–H groups in total. The molecule has 0 amide bonds. The van der Waals surface area contributed by atoms with Gasteiger partial charge in [0, 0.05) is 42.0 Å². The molecule has 126 valence electrons. The SMILES string of the molecule is Cc1cc(N2CC(C)CC(C(=O)O)C2)c2cc([N+](=O)[O-])ccc2n1. The molecule has 1 fully saturated rings. The van der Waals surface area contributed by atoms with Crippen LogP contribution in [0.5, 0.6) is 0 Å². The number of hydrogen-bond donors (Lipinski definition) is 1. The molecule has 1 aliphatic heterocycles. The normalized spacial score (nSPS) is 21.0. The van der Waals surface area contributed by atoms with Crippen LogP contribution in [-0.2, 0) is 4.79 Å². The van der Waals surface area contributed by atoms with Crippen molar-refractivity contribution in [2.45, 2.75) is 20.3 Å². The third-order valence-electron chi connectivity index (χ3n) is 4.46. The summed E-state index contributed by atoms with van der Waals surface area (Å²) in [6, 6.07) is 6.48. The van der Waals surface area contributed by atoms with Gasteiger partial charge in [0.1, 0.15) is 0 Å². The van der Waals surface area contributed by atoms with Gasteiger partial charge in [-0.2, -0.15) is 0 Å². The Morgan fingerprint density at radius 1 is 1.38 bits per heavy atom. The number of aryl methyl sites for hydroxylation is 1. The summed E-state index contributed by atoms with van der Waals surface area (Å²) in [4.78, 5) is 28.5. The number of hydrogen-bond acceptors (Lipinski definition) is 5. The minimum Gasteiger partial charge on any atom is -0.481 e. The number of nitrogens with zero attached hydrogens (tertiary/aromatic N) is 3. The molecule has 0 spiro atoms. The first-order chi connectivity index (χ1) is 11.3. The maximum Gasteiger partial charge on any atom is 0.308 e. The number of piperidine rings is 1. The van der Waals surface area contributed by atoms with E-state index < -0.39 is 16.8 Å². The molecule has 2 aromatic rings. The molecule has 1 saturated heterocycles. The molecule has 0 bridgehead atoms. The van der Waals surface area contributed by atoms with E-state index in [1.807, 2.05) is 24.8 Å². The Labute approximate surface area is 139 Å². The number of benzene rings is 1. The maximum absolute atomic E-state index is 11.4. The van der Waals surface area contributed by atoms with Gasteiger partial charge in [0.05, 0.1) is 16.4 Å². The van der Waals surface area contributed by atoms with Crippen LogP contribution in [0.1, 0.15) is 19.0 Å². The number of anilines is 1. The van der Waals surface area contributed by atoms with Crippen LogP contribution in [-0.4, -0.2) is 34.1 Å². The van der Waals surface area contributed by atoms with Gasteiger partial charge in [0.25, 0.3) is 5.69 Å². The lowest BCUT2D eigenvalue weighted by Gasteiger charge is -2.37. The summed E-state index contributed by atoms with van der Waals surface area (Å²) in [5, 5.41) is 21.2. The smallest absolute Gasteiger partial charge is 0.308 e. The van der Waals surface area contributed by atoms with Gasteiger partial charge in [0.2, 0.25) is 0 Å². The summed E-state index contributed by atoms with van der Waals surface area (Å²) in [5.74, 6) is -0.995. The molecule has 1 aromatic heterocycles. The Morgan fingerprint density at radius 2 is 2.12 bits per heavy atom. The lowest BCUT2D eigenvalue weighted by Crippen LogP contribution is -2.42. The van der Waals surface area contributed by atoms with Crippen molar-refractivity contribution >= 4 is 28.2 Å². The van der Waals surface area contributed by atoms with Gasteiger partial charge >= 0.3 is 5.97 Å². The van der Waals surface area contributed by atoms with Crippen molar-refractivity contribution in [1.29, 1.82) is 0 Å². The number of carboxylic acid groups (broad SMARTS) is 1. The molecular weight excluding hydrogens is 310 g/mol. The number of rotatable bonds is 3. The van der Waals surface area contributed by atoms with Gasteiger partial charge in [-0.05, 0) is 31.4 Å². The Hall–Kier alpha value is -2.70. The lowest BCUT2D eigenvalue weighted by molar-refractivity contribution is -0.384. The molecule has 1 aliphatic rings. The van der Waals surface area contributed by atoms with Crippen molar-refractivity contribution in [2.75, 3.05) is 18.0 Å². The molecule has 0 saturated carbocycles. The summed E-state index contributed by atoms with van der Waals surface area (Å²) in [6.07, 6.45) is 0.647. The predicted octanol–water partition coefficient (Wildman–Crippen LogP) is 3.00. The minimum atomic E-state index is -0.799. The van der Waals surface area contributed by atoms with E-state index in [9.17, 15) is 20.0 Å². The fraction of sp³-hybridized carbons (Fsp3) is 0.412. The zero-order chi connectivity index (χ0) is 17.4. The van der Waals surface area contributed by atoms with Crippen molar-refractivity contribution in [2.24, 2.45) is 11.8 Å². The summed E-state index contributed by atoms with van der Waals surface area (Å²) >= 11 is 0. The zero-order valence-electron chi connectivity index (χ0n) is 13.6. The summed E-state index contributed by atoms with van der Waals surface area (Å²) in [6.45, 7) is 5.03. The fourth-order valence-electron chi connectivity index (χ4n) is 3.43. The van der Waals surface area contributed by atoms with Gasteiger partial charge in [-0.3, -0.25) is 19.9 Å². The first-order valence-electron chi connectivity index (χ1n) is 7.88. The largest absolute Gasteiger partial charge is 0.481 e. The standard InChI is InChI=1S/C17H19N3O4/c1-10-5-12(17(21)22)9-19(8-10)16-6-11(2)18-15-4-3-13(20(23)24)7-14(15)16/h3-4,6-7,10,12H,5,8-9H2,1-2H3,(H,21,22). The minimum absolute atomic E-state index is 0.00856. The first-order valence-corrected chi connectivity index (χ1v) is 7.88. The van der Waals surface area contributed by atoms with E-state index in [1.165, 1.54) is 12.1 Å². The highest BCUT2D eigenvalue weighted by Gasteiger charge is 2.30. The second-order valence-electron chi connectivity index (χ2n) is 6.52. The first kappa shape index (κ1) is 16.2. The quantitative estimate of drug-likeness (QED) is 0.687. The van der Waals surface area contributed by atoms with E-state index in [4.69, 9.17) is 0 Å². The molecule has 7 heteroatoms. The summed E-state index contributed by atoms with van der Waals surface area (Å²) < 4.78 is 0. The Kier molecular flexibility index (Phi) is 4.09. The van der Waals surface area contributed by atoms with Crippen LogP contribution in [0.3, 0.4) is 0 Å². The van der Waals surface area contributed by atoms with Crippen LogP contribution in [0.4, 0.5) is 11.4 Å². The molecule has 0 aliphatic carbocycles. The van der Waals surface area contributed by atoms with Crippen molar-refractivity contribution in [3.8, 4) is 0 Å². The highest BCUT2D eigenvalue weighted by atomic mass is 16.6. The molecule has 3 rings (SSSR count). The molecule has 2 heterocycles. The van der Waals surface area contributed by atoms with E-state index in [0.717, 1.165) is 17.9 Å². The highest BCUT2D eigenvalue weighted by molar-refractivity contribution is 5.93. The summed E-state index contributed by atoms with van der Waals surface area (Å²) in [5.41, 5.74) is 2.31. The number of pyridine rings is 1. The third-order valence-corrected chi connectivity index (χ3v) is 4.46. The van der Waals surface area contributed by atoms with Gasteiger partial charge in [-0.15, -0.1) is 0 Å². The van der Waals surface area contributed by atoms with E-state index in [-0.39, 0.29) is 11.6 Å². The average Bonchev–Trinajstić information content (AvgIpc) is 2.52. The molecule has 2 atom stereocenters. The van der Waals surface area contributed by atoms with Crippen LogP contribution >= 0.6 is 0 Å². The monoisotopic (exact) mass is 329 g/mol. The molecule has 1 aromatic carbocycles. The van der Waals surface area contributed by atoms with Crippen LogP contribution in [0, 0.1) is 28.9 Å². The van der Waals surface area contributed by atoms with Crippen molar-refractivity contribution < 1.29 is 14.8 Å². The van der Waals surface area contributed by atoms with Crippen LogP contribution < -0.4 is 4.90 Å². The summed E-state index contributed by atoms with van der Waals surface area (Å²) in [7, 11) is 0. The van der Waals surface area contributed by atoms with Crippen LogP contribution in [0.15, 0.2) is 24.3 Å². The van der Waals surface area contributed by atoms with Crippen molar-refractivity contribution in [3.05, 3.63) is 40.1 Å². The number of aliphatic carboxylic acids is 1. The molecule has 0 radical (unpaired) electrons. The average molecular weight is 329 g/mol. The van der Waals surface area contributed by atoms with E-state index in [1.54, 1.807) is 6.07 Å². The Balaban J connectivity index is 2.11. The van der Waals surface area contributed by atoms with E-state index in [2.05, 4.69) is 4.98 Å². The topological polar surface area (TPSA) is 96.6 Å². The lowest BCUT2D eigenvalue weighted by atomic mass is 9.90. The van der Waals surface area contributed by atoms with Gasteiger partial charge in [-0.1, -0.05) is 6.92 Å². The van der Waals surface area contributed by atoms with Crippen LogP contribution in [0.2, 0.25) is 0 Å². The van der Waals surface area contributed by atoms with Gasteiger partial charge in [0.15, 0.2) is 0 Å². The number of nitro benzene ring substituents is 1. The Morgan fingerprint density at radius 3 is 2.79 bits per heavy atom. The van der Waals surface area contributed by atoms with Crippen molar-refractivity contribution in [3.63, 3.8) is 0 Å². The number of carbonyl (C=O) groups is 1. The Bertz CT molecular complexity index is 821. The molecule has 7 nitrogen and oxygen atoms in total. The van der Waals surface area contributed by atoms with Gasteiger partial charge in [-0.25, -0.2) is 0 Å². The number of carboxylic acids is 1. The fourth-order valence-corrected chi connectivity index (χ4v) is 3.43. The van der Waals surface area contributed by atoms with Gasteiger partial charge < -0.3 is 10.0 Å². The molecule has 2 unspecified atom stereocenters. The molecular formula is C17H19N3O4. The van der Waals surface area contributed by atoms with Crippen molar-refractivity contribution in [1.82, 2.24) is 4.98 Å². The predicted molar refractivity (Wildman–Crippen MR) is 90.3 cm³/mol. The second-order valence-corrected chi connectivity index (χ2v) is 6.52. The number of fused-ring (bicyclic) bond motifs is 1. The van der Waals surface area contributed by atoms with E-state index >= 15 is 0 Å². The maximum atomic E-state index is 11.4. The second kappa shape index (κ2) is 6.07.